The molecule has 1 atom stereocenters. The molecule has 0 bridgehead atoms. The monoisotopic (exact) mass is 316 g/mol. The smallest absolute Gasteiger partial charge is 0.309 e. The van der Waals surface area contributed by atoms with E-state index in [1.165, 1.54) is 30.2 Å². The van der Waals surface area contributed by atoms with Gasteiger partial charge in [-0.1, -0.05) is 13.0 Å². The van der Waals surface area contributed by atoms with Gasteiger partial charge in [-0.15, -0.1) is 11.3 Å². The second kappa shape index (κ2) is 8.60. The van der Waals surface area contributed by atoms with Gasteiger partial charge >= 0.3 is 5.97 Å². The Hall–Kier alpha value is -1.54. The van der Waals surface area contributed by atoms with Crippen molar-refractivity contribution in [1.82, 2.24) is 10.9 Å². The molecule has 0 saturated carbocycles. The van der Waals surface area contributed by atoms with E-state index in [0.717, 1.165) is 0 Å². The molecular formula is C12H16N2O4S2. The summed E-state index contributed by atoms with van der Waals surface area (Å²) in [6.45, 7) is 1.73. The number of carbonyl (C=O) groups is 3. The molecule has 0 aliphatic rings. The van der Waals surface area contributed by atoms with Crippen LogP contribution in [-0.4, -0.2) is 36.4 Å². The van der Waals surface area contributed by atoms with Gasteiger partial charge in [0.05, 0.1) is 23.7 Å². The molecule has 6 nitrogen and oxygen atoms in total. The number of methoxy groups -OCH3 is 1. The zero-order valence-corrected chi connectivity index (χ0v) is 12.8. The summed E-state index contributed by atoms with van der Waals surface area (Å²) < 4.78 is 4.58. The molecule has 0 fully saturated rings. The topological polar surface area (TPSA) is 84.5 Å². The Morgan fingerprint density at radius 2 is 2.15 bits per heavy atom. The molecule has 0 aromatic carbocycles. The minimum Gasteiger partial charge on any atom is -0.469 e. The summed E-state index contributed by atoms with van der Waals surface area (Å²) in [4.78, 5) is 34.7. The maximum Gasteiger partial charge on any atom is 0.309 e. The molecule has 1 aromatic rings. The number of thiophene rings is 1. The van der Waals surface area contributed by atoms with Gasteiger partial charge in [-0.25, -0.2) is 0 Å². The van der Waals surface area contributed by atoms with Crippen molar-refractivity contribution >= 4 is 40.9 Å². The Morgan fingerprint density at radius 1 is 1.40 bits per heavy atom. The molecule has 0 aliphatic heterocycles. The number of amides is 2. The lowest BCUT2D eigenvalue weighted by Crippen LogP contribution is -2.42. The third-order valence-electron chi connectivity index (χ3n) is 2.26. The number of rotatable bonds is 6. The van der Waals surface area contributed by atoms with Crippen molar-refractivity contribution < 1.29 is 19.1 Å². The number of nitrogens with one attached hydrogen (secondary N) is 2. The molecule has 110 valence electrons. The summed E-state index contributed by atoms with van der Waals surface area (Å²) in [6.07, 6.45) is 0. The molecule has 0 spiro atoms. The molecule has 0 saturated heterocycles. The maximum atomic E-state index is 11.5. The van der Waals surface area contributed by atoms with Gasteiger partial charge in [0.1, 0.15) is 0 Å². The highest BCUT2D eigenvalue weighted by atomic mass is 32.2. The number of hydrazine groups is 1. The molecule has 1 aromatic heterocycles. The molecular weight excluding hydrogens is 300 g/mol. The molecule has 1 heterocycles. The second-order valence-corrected chi connectivity index (χ2v) is 5.90. The molecule has 1 rings (SSSR count). The van der Waals surface area contributed by atoms with Crippen LogP contribution in [0, 0.1) is 5.92 Å². The van der Waals surface area contributed by atoms with Gasteiger partial charge in [0.2, 0.25) is 5.91 Å². The Labute approximate surface area is 125 Å². The first-order valence-electron chi connectivity index (χ1n) is 5.83. The summed E-state index contributed by atoms with van der Waals surface area (Å²) in [7, 11) is 1.33. The summed E-state index contributed by atoms with van der Waals surface area (Å²) in [5.41, 5.74) is 4.64. The molecule has 2 N–H and O–H groups in total. The summed E-state index contributed by atoms with van der Waals surface area (Å²) >= 11 is 2.59. The van der Waals surface area contributed by atoms with Crippen LogP contribution in [0.25, 0.3) is 0 Å². The predicted octanol–water partition coefficient (Wildman–Crippen LogP) is 1.05. The van der Waals surface area contributed by atoms with Gasteiger partial charge in [0.25, 0.3) is 5.91 Å². The fourth-order valence-corrected chi connectivity index (χ4v) is 2.71. The fraction of sp³-hybridized carbons (Fsp3) is 0.417. The first-order valence-corrected chi connectivity index (χ1v) is 7.86. The number of hydrogen-bond acceptors (Lipinski definition) is 6. The van der Waals surface area contributed by atoms with Crippen molar-refractivity contribution in [3.63, 3.8) is 0 Å². The predicted molar refractivity (Wildman–Crippen MR) is 78.4 cm³/mol. The van der Waals surface area contributed by atoms with Crippen LogP contribution in [0.1, 0.15) is 16.6 Å². The van der Waals surface area contributed by atoms with Crippen LogP contribution in [0.15, 0.2) is 17.5 Å². The number of carbonyl (C=O) groups excluding carboxylic acids is 3. The van der Waals surface area contributed by atoms with Crippen molar-refractivity contribution in [2.45, 2.75) is 6.92 Å². The lowest BCUT2D eigenvalue weighted by atomic mass is 10.2. The van der Waals surface area contributed by atoms with Crippen molar-refractivity contribution in [2.75, 3.05) is 18.6 Å². The van der Waals surface area contributed by atoms with Crippen LogP contribution in [0.2, 0.25) is 0 Å². The van der Waals surface area contributed by atoms with E-state index in [4.69, 9.17) is 0 Å². The third-order valence-corrected chi connectivity index (χ3v) is 4.34. The number of ether oxygens (including phenoxy) is 1. The summed E-state index contributed by atoms with van der Waals surface area (Å²) in [5, 5.41) is 1.78. The van der Waals surface area contributed by atoms with Crippen molar-refractivity contribution in [3.05, 3.63) is 22.4 Å². The van der Waals surface area contributed by atoms with Crippen molar-refractivity contribution in [3.8, 4) is 0 Å². The van der Waals surface area contributed by atoms with Crippen LogP contribution in [0.5, 0.6) is 0 Å². The minimum atomic E-state index is -0.346. The average Bonchev–Trinajstić information content (AvgIpc) is 2.97. The van der Waals surface area contributed by atoms with Crippen LogP contribution >= 0.6 is 23.1 Å². The van der Waals surface area contributed by atoms with Crippen LogP contribution in [-0.2, 0) is 14.3 Å². The molecule has 8 heteroatoms. The highest BCUT2D eigenvalue weighted by molar-refractivity contribution is 7.99. The largest absolute Gasteiger partial charge is 0.469 e. The Balaban J connectivity index is 2.18. The van der Waals surface area contributed by atoms with E-state index in [0.29, 0.717) is 10.6 Å². The van der Waals surface area contributed by atoms with Gasteiger partial charge in [0.15, 0.2) is 0 Å². The van der Waals surface area contributed by atoms with E-state index >= 15 is 0 Å². The summed E-state index contributed by atoms with van der Waals surface area (Å²) in [5.74, 6) is -0.592. The molecule has 0 aliphatic carbocycles. The highest BCUT2D eigenvalue weighted by Crippen LogP contribution is 2.09. The van der Waals surface area contributed by atoms with Gasteiger partial charge < -0.3 is 4.74 Å². The minimum absolute atomic E-state index is 0.159. The van der Waals surface area contributed by atoms with Gasteiger partial charge in [-0.3, -0.25) is 25.2 Å². The van der Waals surface area contributed by atoms with Crippen LogP contribution < -0.4 is 10.9 Å². The Morgan fingerprint density at radius 3 is 2.75 bits per heavy atom. The first kappa shape index (κ1) is 16.5. The normalized spacial score (nSPS) is 11.5. The van der Waals surface area contributed by atoms with Gasteiger partial charge in [0, 0.05) is 5.75 Å². The standard InChI is InChI=1S/C12H16N2O4S2/c1-8(12(17)18-2)6-19-7-10(15)13-14-11(16)9-4-3-5-20-9/h3-5,8H,6-7H2,1-2H3,(H,13,15)(H,14,16). The number of hydrogen-bond donors (Lipinski definition) is 2. The zero-order chi connectivity index (χ0) is 15.0. The average molecular weight is 316 g/mol. The quantitative estimate of drug-likeness (QED) is 0.605. The number of esters is 1. The lowest BCUT2D eigenvalue weighted by Gasteiger charge is -2.09. The maximum absolute atomic E-state index is 11.5. The summed E-state index contributed by atoms with van der Waals surface area (Å²) in [6, 6.07) is 3.42. The third kappa shape index (κ3) is 5.62. The molecule has 1 unspecified atom stereocenters. The highest BCUT2D eigenvalue weighted by Gasteiger charge is 2.14. The van der Waals surface area contributed by atoms with Crippen molar-refractivity contribution in [1.29, 1.82) is 0 Å². The fourth-order valence-electron chi connectivity index (χ4n) is 1.23. The van der Waals surface area contributed by atoms with E-state index in [1.807, 2.05) is 0 Å². The zero-order valence-electron chi connectivity index (χ0n) is 11.2. The van der Waals surface area contributed by atoms with E-state index in [2.05, 4.69) is 15.6 Å². The van der Waals surface area contributed by atoms with Crippen LogP contribution in [0.3, 0.4) is 0 Å². The Kier molecular flexibility index (Phi) is 7.10. The second-order valence-electron chi connectivity index (χ2n) is 3.92. The van der Waals surface area contributed by atoms with E-state index in [1.54, 1.807) is 24.4 Å². The SMILES string of the molecule is COC(=O)C(C)CSCC(=O)NNC(=O)c1cccs1. The van der Waals surface area contributed by atoms with E-state index in [9.17, 15) is 14.4 Å². The Bertz CT molecular complexity index is 462. The molecule has 0 radical (unpaired) electrons. The first-order chi connectivity index (χ1) is 9.54. The van der Waals surface area contributed by atoms with E-state index < -0.39 is 0 Å². The number of thioether (sulfide) groups is 1. The molecule has 2 amide bonds. The van der Waals surface area contributed by atoms with E-state index in [-0.39, 0.29) is 29.5 Å². The molecule has 20 heavy (non-hydrogen) atoms. The van der Waals surface area contributed by atoms with Crippen LogP contribution in [0.4, 0.5) is 0 Å². The van der Waals surface area contributed by atoms with Gasteiger partial charge in [-0.05, 0) is 11.4 Å². The van der Waals surface area contributed by atoms with Crippen molar-refractivity contribution in [2.24, 2.45) is 5.92 Å². The van der Waals surface area contributed by atoms with Gasteiger partial charge in [-0.2, -0.15) is 11.8 Å². The lowest BCUT2D eigenvalue weighted by molar-refractivity contribution is -0.144.